The Balaban J connectivity index is 2.27. The molecule has 0 amide bonds. The quantitative estimate of drug-likeness (QED) is 0.788. The molecule has 0 spiro atoms. The molecule has 0 aliphatic heterocycles. The Hall–Kier alpha value is -3.26. The lowest BCUT2D eigenvalue weighted by atomic mass is 10.1. The van der Waals surface area contributed by atoms with Crippen molar-refractivity contribution in [1.29, 1.82) is 5.26 Å². The van der Waals surface area contributed by atoms with Crippen LogP contribution in [-0.4, -0.2) is 9.97 Å². The van der Waals surface area contributed by atoms with Crippen molar-refractivity contribution in [3.8, 4) is 28.7 Å². The normalized spacial score (nSPS) is 10.2. The van der Waals surface area contributed by atoms with Crippen LogP contribution in [0.2, 0.25) is 0 Å². The van der Waals surface area contributed by atoms with Crippen molar-refractivity contribution in [3.63, 3.8) is 0 Å². The van der Waals surface area contributed by atoms with Crippen LogP contribution < -0.4 is 5.56 Å². The van der Waals surface area contributed by atoms with Gasteiger partial charge < -0.3 is 4.98 Å². The van der Waals surface area contributed by atoms with Gasteiger partial charge in [-0.15, -0.1) is 0 Å². The molecule has 0 radical (unpaired) electrons. The summed E-state index contributed by atoms with van der Waals surface area (Å²) >= 11 is 0. The lowest BCUT2D eigenvalue weighted by Crippen LogP contribution is -2.15. The number of nitriles is 1. The van der Waals surface area contributed by atoms with E-state index in [1.807, 2.05) is 24.3 Å². The molecule has 1 aromatic heterocycles. The van der Waals surface area contributed by atoms with E-state index in [4.69, 9.17) is 0 Å². The second-order valence-electron chi connectivity index (χ2n) is 4.63. The minimum Gasteiger partial charge on any atom is -0.305 e. The van der Waals surface area contributed by atoms with Crippen molar-refractivity contribution in [1.82, 2.24) is 9.97 Å². The second-order valence-corrected chi connectivity index (χ2v) is 4.63. The Labute approximate surface area is 125 Å². The van der Waals surface area contributed by atoms with Crippen LogP contribution in [0.1, 0.15) is 5.56 Å². The molecule has 0 saturated carbocycles. The molecule has 0 aliphatic carbocycles. The summed E-state index contributed by atoms with van der Waals surface area (Å²) in [6, 6.07) is 16.6. The number of halogens is 1. The zero-order valence-corrected chi connectivity index (χ0v) is 11.4. The minimum atomic E-state index is -0.546. The first kappa shape index (κ1) is 13.7. The molecular formula is C17H10FN3O. The molecule has 1 heterocycles. The predicted molar refractivity (Wildman–Crippen MR) is 80.4 cm³/mol. The van der Waals surface area contributed by atoms with Crippen LogP contribution in [0.5, 0.6) is 0 Å². The molecule has 0 atom stereocenters. The summed E-state index contributed by atoms with van der Waals surface area (Å²) in [5, 5.41) is 9.19. The largest absolute Gasteiger partial charge is 0.305 e. The highest BCUT2D eigenvalue weighted by atomic mass is 19.1. The first-order chi connectivity index (χ1) is 10.7. The van der Waals surface area contributed by atoms with E-state index < -0.39 is 11.4 Å². The zero-order chi connectivity index (χ0) is 15.5. The number of rotatable bonds is 2. The van der Waals surface area contributed by atoms with Crippen molar-refractivity contribution in [2.45, 2.75) is 0 Å². The fourth-order valence-corrected chi connectivity index (χ4v) is 2.15. The first-order valence-electron chi connectivity index (χ1n) is 6.55. The highest BCUT2D eigenvalue weighted by Gasteiger charge is 2.14. The molecule has 0 unspecified atom stereocenters. The van der Waals surface area contributed by atoms with Crippen molar-refractivity contribution >= 4 is 0 Å². The van der Waals surface area contributed by atoms with E-state index in [-0.39, 0.29) is 11.3 Å². The maximum Gasteiger partial charge on any atom is 0.269 e. The molecule has 0 aliphatic rings. The Morgan fingerprint density at radius 3 is 2.45 bits per heavy atom. The van der Waals surface area contributed by atoms with Crippen LogP contribution in [0.15, 0.2) is 59.4 Å². The number of aromatic amines is 1. The van der Waals surface area contributed by atoms with Gasteiger partial charge in [0, 0.05) is 11.1 Å². The molecule has 3 rings (SSSR count). The lowest BCUT2D eigenvalue weighted by molar-refractivity contribution is 0.628. The number of aromatic nitrogens is 2. The molecule has 3 aromatic rings. The summed E-state index contributed by atoms with van der Waals surface area (Å²) in [7, 11) is 0. The highest BCUT2D eigenvalue weighted by Crippen LogP contribution is 2.22. The molecule has 106 valence electrons. The monoisotopic (exact) mass is 291 g/mol. The van der Waals surface area contributed by atoms with E-state index in [1.165, 1.54) is 18.2 Å². The maximum atomic E-state index is 13.4. The van der Waals surface area contributed by atoms with Crippen molar-refractivity contribution in [2.24, 2.45) is 0 Å². The predicted octanol–water partition coefficient (Wildman–Crippen LogP) is 3.11. The summed E-state index contributed by atoms with van der Waals surface area (Å²) in [5.74, 6) is -0.117. The Morgan fingerprint density at radius 2 is 1.77 bits per heavy atom. The van der Waals surface area contributed by atoms with Gasteiger partial charge in [0.25, 0.3) is 5.56 Å². The average Bonchev–Trinajstić information content (AvgIpc) is 2.55. The third kappa shape index (κ3) is 2.50. The van der Waals surface area contributed by atoms with Crippen LogP contribution in [0.4, 0.5) is 4.39 Å². The van der Waals surface area contributed by atoms with Gasteiger partial charge in [-0.3, -0.25) is 4.79 Å². The summed E-state index contributed by atoms with van der Waals surface area (Å²) < 4.78 is 13.4. The smallest absolute Gasteiger partial charge is 0.269 e. The summed E-state index contributed by atoms with van der Waals surface area (Å²) in [5.41, 5.74) is 0.590. The first-order valence-corrected chi connectivity index (χ1v) is 6.55. The molecule has 4 nitrogen and oxygen atoms in total. The molecule has 2 aromatic carbocycles. The van der Waals surface area contributed by atoms with E-state index in [2.05, 4.69) is 9.97 Å². The van der Waals surface area contributed by atoms with E-state index in [0.717, 1.165) is 0 Å². The summed E-state index contributed by atoms with van der Waals surface area (Å²) in [6.07, 6.45) is 0. The van der Waals surface area contributed by atoms with Crippen molar-refractivity contribution < 1.29 is 4.39 Å². The van der Waals surface area contributed by atoms with Gasteiger partial charge in [0.15, 0.2) is 0 Å². The number of nitrogens with zero attached hydrogens (tertiary/aromatic N) is 2. The number of H-pyrrole nitrogens is 1. The zero-order valence-electron chi connectivity index (χ0n) is 11.4. The highest BCUT2D eigenvalue weighted by molar-refractivity contribution is 5.69. The Kier molecular flexibility index (Phi) is 3.50. The van der Waals surface area contributed by atoms with E-state index in [0.29, 0.717) is 17.0 Å². The summed E-state index contributed by atoms with van der Waals surface area (Å²) in [4.78, 5) is 19.0. The van der Waals surface area contributed by atoms with Crippen molar-refractivity contribution in [2.75, 3.05) is 0 Å². The molecule has 0 fully saturated rings. The molecular weight excluding hydrogens is 281 g/mol. The van der Waals surface area contributed by atoms with Crippen LogP contribution in [0, 0.1) is 17.1 Å². The maximum absolute atomic E-state index is 13.4. The Bertz CT molecular complexity index is 927. The van der Waals surface area contributed by atoms with Crippen molar-refractivity contribution in [3.05, 3.63) is 76.3 Å². The number of hydrogen-bond acceptors (Lipinski definition) is 3. The standard InChI is InChI=1S/C17H10FN3O/c18-13-8-4-7-12(9-13)15-14(10-19)17(22)21-16(20-15)11-5-2-1-3-6-11/h1-9H,(H,20,21,22). The average molecular weight is 291 g/mol. The van der Waals surface area contributed by atoms with Gasteiger partial charge in [-0.05, 0) is 12.1 Å². The van der Waals surface area contributed by atoms with Gasteiger partial charge in [0.2, 0.25) is 0 Å². The van der Waals surface area contributed by atoms with Crippen LogP contribution in [-0.2, 0) is 0 Å². The molecule has 0 bridgehead atoms. The molecule has 22 heavy (non-hydrogen) atoms. The molecule has 1 N–H and O–H groups in total. The van der Waals surface area contributed by atoms with Gasteiger partial charge in [0.1, 0.15) is 23.3 Å². The van der Waals surface area contributed by atoms with Gasteiger partial charge in [-0.1, -0.05) is 42.5 Å². The fraction of sp³-hybridized carbons (Fsp3) is 0. The minimum absolute atomic E-state index is 0.134. The van der Waals surface area contributed by atoms with Gasteiger partial charge in [0.05, 0.1) is 5.69 Å². The van der Waals surface area contributed by atoms with E-state index >= 15 is 0 Å². The topological polar surface area (TPSA) is 69.5 Å². The lowest BCUT2D eigenvalue weighted by Gasteiger charge is -2.07. The Morgan fingerprint density at radius 1 is 1.05 bits per heavy atom. The second kappa shape index (κ2) is 5.62. The van der Waals surface area contributed by atoms with E-state index in [1.54, 1.807) is 18.2 Å². The van der Waals surface area contributed by atoms with Gasteiger partial charge >= 0.3 is 0 Å². The number of hydrogen-bond donors (Lipinski definition) is 1. The van der Waals surface area contributed by atoms with Gasteiger partial charge in [-0.25, -0.2) is 9.37 Å². The van der Waals surface area contributed by atoms with Gasteiger partial charge in [-0.2, -0.15) is 5.26 Å². The third-order valence-electron chi connectivity index (χ3n) is 3.18. The number of nitrogens with one attached hydrogen (secondary N) is 1. The summed E-state index contributed by atoms with van der Waals surface area (Å²) in [6.45, 7) is 0. The van der Waals surface area contributed by atoms with Crippen LogP contribution in [0.3, 0.4) is 0 Å². The number of benzene rings is 2. The third-order valence-corrected chi connectivity index (χ3v) is 3.18. The van der Waals surface area contributed by atoms with E-state index in [9.17, 15) is 14.4 Å². The van der Waals surface area contributed by atoms with Crippen LogP contribution >= 0.6 is 0 Å². The SMILES string of the molecule is N#Cc1c(-c2cccc(F)c2)nc(-c2ccccc2)[nH]c1=O. The molecule has 5 heteroatoms. The molecule has 0 saturated heterocycles. The van der Waals surface area contributed by atoms with Crippen LogP contribution in [0.25, 0.3) is 22.6 Å². The fourth-order valence-electron chi connectivity index (χ4n) is 2.15.